The first-order valence-electron chi connectivity index (χ1n) is 6.15. The van der Waals surface area contributed by atoms with Gasteiger partial charge in [-0.05, 0) is 40.5 Å². The van der Waals surface area contributed by atoms with Crippen LogP contribution in [0.15, 0.2) is 33.1 Å². The molecule has 21 heavy (non-hydrogen) atoms. The van der Waals surface area contributed by atoms with E-state index >= 15 is 0 Å². The highest BCUT2D eigenvalue weighted by molar-refractivity contribution is 9.11. The molecule has 2 heterocycles. The molecule has 0 aliphatic carbocycles. The number of nitrogens with zero attached hydrogens (tertiary/aromatic N) is 2. The molecular weight excluding hydrogens is 379 g/mol. The Hall–Kier alpha value is -1.24. The fourth-order valence-electron chi connectivity index (χ4n) is 2.10. The van der Waals surface area contributed by atoms with E-state index in [1.807, 2.05) is 6.92 Å². The van der Waals surface area contributed by atoms with Gasteiger partial charge in [0.1, 0.15) is 11.3 Å². The standard InChI is InChI=1S/C14H9BrClFN2OS/c1-2-19-6-18-11-10(14(19)20)12(21-13(11)15)7-3-4-8(16)9(17)5-7/h3-6H,2H2,1H3. The number of aromatic nitrogens is 2. The molecule has 0 saturated carbocycles. The van der Waals surface area contributed by atoms with Gasteiger partial charge in [0.05, 0.1) is 25.4 Å². The fraction of sp³-hybridized carbons (Fsp3) is 0.143. The lowest BCUT2D eigenvalue weighted by molar-refractivity contribution is 0.629. The Labute approximate surface area is 137 Å². The number of fused-ring (bicyclic) bond motifs is 1. The largest absolute Gasteiger partial charge is 0.299 e. The molecule has 0 N–H and O–H groups in total. The quantitative estimate of drug-likeness (QED) is 0.639. The van der Waals surface area contributed by atoms with Crippen molar-refractivity contribution in [3.8, 4) is 10.4 Å². The summed E-state index contributed by atoms with van der Waals surface area (Å²) in [6.45, 7) is 2.40. The Morgan fingerprint density at radius 1 is 1.48 bits per heavy atom. The van der Waals surface area contributed by atoms with E-state index in [1.54, 1.807) is 6.07 Å². The molecule has 0 aliphatic rings. The maximum Gasteiger partial charge on any atom is 0.262 e. The third-order valence-electron chi connectivity index (χ3n) is 3.17. The number of halogens is 3. The van der Waals surface area contributed by atoms with Crippen LogP contribution in [0.5, 0.6) is 0 Å². The van der Waals surface area contributed by atoms with Crippen LogP contribution in [0, 0.1) is 5.82 Å². The third-order valence-corrected chi connectivity index (χ3v) is 5.35. The first-order valence-corrected chi connectivity index (χ1v) is 8.14. The zero-order chi connectivity index (χ0) is 15.1. The molecule has 7 heteroatoms. The van der Waals surface area contributed by atoms with Crippen molar-refractivity contribution in [3.05, 3.63) is 49.5 Å². The van der Waals surface area contributed by atoms with Gasteiger partial charge < -0.3 is 0 Å². The minimum atomic E-state index is -0.508. The van der Waals surface area contributed by atoms with E-state index in [0.29, 0.717) is 27.9 Å². The van der Waals surface area contributed by atoms with Gasteiger partial charge in [0, 0.05) is 6.54 Å². The maximum absolute atomic E-state index is 13.7. The van der Waals surface area contributed by atoms with Crippen LogP contribution in [0.25, 0.3) is 21.3 Å². The van der Waals surface area contributed by atoms with Crippen LogP contribution < -0.4 is 5.56 Å². The van der Waals surface area contributed by atoms with Crippen molar-refractivity contribution in [3.63, 3.8) is 0 Å². The summed E-state index contributed by atoms with van der Waals surface area (Å²) in [7, 11) is 0. The molecule has 3 aromatic rings. The lowest BCUT2D eigenvalue weighted by atomic mass is 10.1. The first-order chi connectivity index (χ1) is 10.0. The molecule has 3 nitrogen and oxygen atoms in total. The van der Waals surface area contributed by atoms with Gasteiger partial charge in [-0.2, -0.15) is 0 Å². The molecule has 0 bridgehead atoms. The molecule has 0 atom stereocenters. The molecule has 0 spiro atoms. The van der Waals surface area contributed by atoms with E-state index in [0.717, 1.165) is 3.79 Å². The van der Waals surface area contributed by atoms with Gasteiger partial charge in [0.2, 0.25) is 0 Å². The molecule has 108 valence electrons. The second kappa shape index (κ2) is 5.51. The summed E-state index contributed by atoms with van der Waals surface area (Å²) in [6, 6.07) is 4.52. The number of rotatable bonds is 2. The second-order valence-corrected chi connectivity index (χ2v) is 7.14. The monoisotopic (exact) mass is 386 g/mol. The molecule has 1 aromatic carbocycles. The molecule has 0 radical (unpaired) electrons. The Kier molecular flexibility index (Phi) is 3.86. The summed E-state index contributed by atoms with van der Waals surface area (Å²) in [6.07, 6.45) is 1.52. The predicted molar refractivity (Wildman–Crippen MR) is 87.7 cm³/mol. The zero-order valence-electron chi connectivity index (χ0n) is 10.9. The maximum atomic E-state index is 13.7. The van der Waals surface area contributed by atoms with Crippen LogP contribution >= 0.6 is 38.9 Å². The zero-order valence-corrected chi connectivity index (χ0v) is 14.0. The van der Waals surface area contributed by atoms with E-state index in [9.17, 15) is 9.18 Å². The minimum absolute atomic E-state index is 0.0581. The normalized spacial score (nSPS) is 11.2. The van der Waals surface area contributed by atoms with Crippen LogP contribution in [-0.2, 0) is 6.54 Å². The smallest absolute Gasteiger partial charge is 0.262 e. The summed E-state index contributed by atoms with van der Waals surface area (Å²) < 4.78 is 16.0. The van der Waals surface area contributed by atoms with Crippen LogP contribution in [0.3, 0.4) is 0 Å². The molecule has 3 rings (SSSR count). The molecule has 0 unspecified atom stereocenters. The van der Waals surface area contributed by atoms with Crippen molar-refractivity contribution in [1.82, 2.24) is 9.55 Å². The minimum Gasteiger partial charge on any atom is -0.299 e. The van der Waals surface area contributed by atoms with Gasteiger partial charge in [0.25, 0.3) is 5.56 Å². The van der Waals surface area contributed by atoms with Crippen molar-refractivity contribution in [1.29, 1.82) is 0 Å². The van der Waals surface area contributed by atoms with E-state index in [4.69, 9.17) is 11.6 Å². The van der Waals surface area contributed by atoms with Crippen LogP contribution in [-0.4, -0.2) is 9.55 Å². The Morgan fingerprint density at radius 3 is 2.90 bits per heavy atom. The number of hydrogen-bond donors (Lipinski definition) is 0. The van der Waals surface area contributed by atoms with E-state index in [-0.39, 0.29) is 10.6 Å². The Balaban J connectivity index is 2.37. The van der Waals surface area contributed by atoms with Crippen molar-refractivity contribution in [2.24, 2.45) is 0 Å². The Bertz CT molecular complexity index is 906. The second-order valence-electron chi connectivity index (χ2n) is 4.39. The van der Waals surface area contributed by atoms with Crippen LogP contribution in [0.2, 0.25) is 5.02 Å². The lowest BCUT2D eigenvalue weighted by Gasteiger charge is -2.03. The van der Waals surface area contributed by atoms with Crippen molar-refractivity contribution in [2.45, 2.75) is 13.5 Å². The van der Waals surface area contributed by atoms with E-state index < -0.39 is 5.82 Å². The van der Waals surface area contributed by atoms with Gasteiger partial charge in [0.15, 0.2) is 0 Å². The van der Waals surface area contributed by atoms with Crippen molar-refractivity contribution >= 4 is 49.8 Å². The van der Waals surface area contributed by atoms with Gasteiger partial charge in [-0.1, -0.05) is 17.7 Å². The average molecular weight is 388 g/mol. The fourth-order valence-corrected chi connectivity index (χ4v) is 3.96. The average Bonchev–Trinajstić information content (AvgIpc) is 2.80. The number of hydrogen-bond acceptors (Lipinski definition) is 3. The highest BCUT2D eigenvalue weighted by atomic mass is 79.9. The topological polar surface area (TPSA) is 34.9 Å². The predicted octanol–water partition coefficient (Wildman–Crippen LogP) is 4.70. The van der Waals surface area contributed by atoms with Crippen LogP contribution in [0.4, 0.5) is 4.39 Å². The molecule has 0 aliphatic heterocycles. The van der Waals surface area contributed by atoms with Gasteiger partial charge in [-0.25, -0.2) is 9.37 Å². The highest BCUT2D eigenvalue weighted by Crippen LogP contribution is 2.39. The number of aryl methyl sites for hydroxylation is 1. The summed E-state index contributed by atoms with van der Waals surface area (Å²) in [4.78, 5) is 17.5. The third kappa shape index (κ3) is 2.41. The summed E-state index contributed by atoms with van der Waals surface area (Å²) >= 11 is 10.5. The summed E-state index contributed by atoms with van der Waals surface area (Å²) in [5.74, 6) is -0.508. The van der Waals surface area contributed by atoms with Gasteiger partial charge in [-0.15, -0.1) is 11.3 Å². The van der Waals surface area contributed by atoms with Crippen molar-refractivity contribution in [2.75, 3.05) is 0 Å². The van der Waals surface area contributed by atoms with E-state index in [1.165, 1.54) is 34.4 Å². The molecule has 0 saturated heterocycles. The molecule has 0 amide bonds. The number of benzene rings is 1. The molecule has 0 fully saturated rings. The summed E-state index contributed by atoms with van der Waals surface area (Å²) in [5.41, 5.74) is 1.08. The molecular formula is C14H9BrClFN2OS. The van der Waals surface area contributed by atoms with Gasteiger partial charge >= 0.3 is 0 Å². The number of thiophene rings is 1. The lowest BCUT2D eigenvalue weighted by Crippen LogP contribution is -2.19. The van der Waals surface area contributed by atoms with E-state index in [2.05, 4.69) is 20.9 Å². The first kappa shape index (κ1) is 14.7. The SMILES string of the molecule is CCn1cnc2c(Br)sc(-c3ccc(Cl)c(F)c3)c2c1=O. The van der Waals surface area contributed by atoms with Crippen LogP contribution in [0.1, 0.15) is 6.92 Å². The summed E-state index contributed by atoms with van der Waals surface area (Å²) in [5, 5.41) is 0.556. The highest BCUT2D eigenvalue weighted by Gasteiger charge is 2.17. The Morgan fingerprint density at radius 2 is 2.24 bits per heavy atom. The van der Waals surface area contributed by atoms with Gasteiger partial charge in [-0.3, -0.25) is 9.36 Å². The van der Waals surface area contributed by atoms with Crippen molar-refractivity contribution < 1.29 is 4.39 Å². The molecule has 2 aromatic heterocycles.